The van der Waals surface area contributed by atoms with Crippen LogP contribution in [-0.4, -0.2) is 17.9 Å². The van der Waals surface area contributed by atoms with E-state index >= 15 is 0 Å². The van der Waals surface area contributed by atoms with Crippen LogP contribution in [0.4, 0.5) is 5.69 Å². The van der Waals surface area contributed by atoms with E-state index in [4.69, 9.17) is 10.5 Å². The summed E-state index contributed by atoms with van der Waals surface area (Å²) in [4.78, 5) is 17.3. The lowest BCUT2D eigenvalue weighted by atomic mass is 9.81. The van der Waals surface area contributed by atoms with Gasteiger partial charge in [-0.3, -0.25) is 9.78 Å². The van der Waals surface area contributed by atoms with Crippen molar-refractivity contribution in [3.63, 3.8) is 0 Å². The summed E-state index contributed by atoms with van der Waals surface area (Å²) in [5.41, 5.74) is 10.3. The van der Waals surface area contributed by atoms with Crippen LogP contribution in [0, 0.1) is 0 Å². The Morgan fingerprint density at radius 3 is 2.74 bits per heavy atom. The van der Waals surface area contributed by atoms with Crippen LogP contribution >= 0.6 is 11.3 Å². The molecule has 0 saturated heterocycles. The fourth-order valence-electron chi connectivity index (χ4n) is 3.26. The number of nitrogens with two attached hydrogens (primary N) is 1. The molecule has 4 rings (SSSR count). The Bertz CT molecular complexity index is 899. The van der Waals surface area contributed by atoms with Gasteiger partial charge < -0.3 is 10.5 Å². The molecule has 0 fully saturated rings. The molecule has 0 saturated carbocycles. The molecular weight excluding hydrogens is 308 g/mol. The van der Waals surface area contributed by atoms with E-state index in [-0.39, 0.29) is 11.7 Å². The third-order valence-electron chi connectivity index (χ3n) is 4.44. The summed E-state index contributed by atoms with van der Waals surface area (Å²) in [5.74, 6) is 1.05. The monoisotopic (exact) mass is 324 g/mol. The Labute approximate surface area is 137 Å². The number of thiophene rings is 1. The maximum absolute atomic E-state index is 12.6. The minimum Gasteiger partial charge on any atom is -0.497 e. The van der Waals surface area contributed by atoms with Crippen molar-refractivity contribution in [2.75, 3.05) is 12.8 Å². The van der Waals surface area contributed by atoms with Gasteiger partial charge in [0, 0.05) is 6.42 Å². The molecule has 0 spiro atoms. The van der Waals surface area contributed by atoms with Gasteiger partial charge in [0.05, 0.1) is 34.3 Å². The first-order valence-corrected chi connectivity index (χ1v) is 8.38. The molecular formula is C18H16N2O2S. The highest BCUT2D eigenvalue weighted by Crippen LogP contribution is 2.38. The van der Waals surface area contributed by atoms with Gasteiger partial charge in [-0.15, -0.1) is 11.3 Å². The van der Waals surface area contributed by atoms with Crippen molar-refractivity contribution >= 4 is 33.0 Å². The van der Waals surface area contributed by atoms with Gasteiger partial charge in [0.1, 0.15) is 5.75 Å². The molecule has 2 N–H and O–H groups in total. The predicted molar refractivity (Wildman–Crippen MR) is 92.4 cm³/mol. The Hall–Kier alpha value is -2.40. The second-order valence-corrected chi connectivity index (χ2v) is 6.70. The lowest BCUT2D eigenvalue weighted by Crippen LogP contribution is -2.21. The number of fused-ring (bicyclic) bond motifs is 2. The number of ether oxygens (including phenoxy) is 1. The Balaban J connectivity index is 1.76. The summed E-state index contributed by atoms with van der Waals surface area (Å²) in [7, 11) is 1.65. The van der Waals surface area contributed by atoms with Crippen LogP contribution in [0.5, 0.6) is 5.75 Å². The largest absolute Gasteiger partial charge is 0.497 e. The minimum atomic E-state index is 0.0902. The standard InChI is InChI=1S/C18H16N2O2S/c1-22-12-4-2-10(3-5-12)11-8-14-16(15(21)9-11)17(19)18-13(20-14)6-7-23-18/h2-7,11H,8-9H2,1H3,(H2,19,20). The number of benzene rings is 1. The first-order chi connectivity index (χ1) is 11.2. The van der Waals surface area contributed by atoms with Gasteiger partial charge in [-0.05, 0) is 41.5 Å². The molecule has 1 aliphatic rings. The molecule has 1 unspecified atom stereocenters. The van der Waals surface area contributed by atoms with Gasteiger partial charge in [-0.1, -0.05) is 12.1 Å². The van der Waals surface area contributed by atoms with Gasteiger partial charge in [0.15, 0.2) is 5.78 Å². The van der Waals surface area contributed by atoms with E-state index in [1.165, 1.54) is 11.3 Å². The number of aromatic nitrogens is 1. The van der Waals surface area contributed by atoms with E-state index in [2.05, 4.69) is 4.98 Å². The highest BCUT2D eigenvalue weighted by molar-refractivity contribution is 7.17. The van der Waals surface area contributed by atoms with E-state index in [0.29, 0.717) is 17.7 Å². The van der Waals surface area contributed by atoms with Gasteiger partial charge in [-0.2, -0.15) is 0 Å². The third kappa shape index (κ3) is 2.28. The summed E-state index contributed by atoms with van der Waals surface area (Å²) in [6, 6.07) is 9.86. The Morgan fingerprint density at radius 1 is 1.22 bits per heavy atom. The van der Waals surface area contributed by atoms with Crippen LogP contribution in [0.2, 0.25) is 0 Å². The summed E-state index contributed by atoms with van der Waals surface area (Å²) in [6.07, 6.45) is 1.21. The van der Waals surface area contributed by atoms with Gasteiger partial charge in [0.25, 0.3) is 0 Å². The van der Waals surface area contributed by atoms with E-state index in [1.54, 1.807) is 7.11 Å². The number of ketones is 1. The number of hydrogen-bond donors (Lipinski definition) is 1. The molecule has 2 aromatic heterocycles. The van der Waals surface area contributed by atoms with Crippen molar-refractivity contribution in [2.45, 2.75) is 18.8 Å². The molecule has 3 aromatic rings. The van der Waals surface area contributed by atoms with Crippen molar-refractivity contribution in [1.29, 1.82) is 0 Å². The topological polar surface area (TPSA) is 65.2 Å². The maximum Gasteiger partial charge on any atom is 0.167 e. The van der Waals surface area contributed by atoms with Crippen molar-refractivity contribution in [3.05, 3.63) is 52.5 Å². The number of carbonyl (C=O) groups is 1. The summed E-state index contributed by atoms with van der Waals surface area (Å²) in [6.45, 7) is 0. The molecule has 0 amide bonds. The van der Waals surface area contributed by atoms with Crippen molar-refractivity contribution in [2.24, 2.45) is 0 Å². The smallest absolute Gasteiger partial charge is 0.167 e. The Morgan fingerprint density at radius 2 is 2.00 bits per heavy atom. The number of anilines is 1. The number of rotatable bonds is 2. The van der Waals surface area contributed by atoms with Crippen LogP contribution in [-0.2, 0) is 6.42 Å². The second kappa shape index (κ2) is 5.35. The molecule has 4 nitrogen and oxygen atoms in total. The van der Waals surface area contributed by atoms with Crippen molar-refractivity contribution < 1.29 is 9.53 Å². The van der Waals surface area contributed by atoms with Crippen molar-refractivity contribution in [1.82, 2.24) is 4.98 Å². The highest BCUT2D eigenvalue weighted by atomic mass is 32.1. The number of Topliss-reactive ketones (excluding diaryl/α,β-unsaturated/α-hetero) is 1. The van der Waals surface area contributed by atoms with Crippen LogP contribution in [0.15, 0.2) is 35.7 Å². The van der Waals surface area contributed by atoms with E-state index < -0.39 is 0 Å². The summed E-state index contributed by atoms with van der Waals surface area (Å²) >= 11 is 1.54. The first kappa shape index (κ1) is 14.2. The first-order valence-electron chi connectivity index (χ1n) is 7.50. The highest BCUT2D eigenvalue weighted by Gasteiger charge is 2.30. The second-order valence-electron chi connectivity index (χ2n) is 5.78. The number of pyridine rings is 1. The molecule has 5 heteroatoms. The van der Waals surface area contributed by atoms with Crippen LogP contribution in [0.3, 0.4) is 0 Å². The average molecular weight is 324 g/mol. The number of hydrogen-bond acceptors (Lipinski definition) is 5. The molecule has 1 aliphatic carbocycles. The fourth-order valence-corrected chi connectivity index (χ4v) is 4.06. The quantitative estimate of drug-likeness (QED) is 0.778. The third-order valence-corrected chi connectivity index (χ3v) is 5.38. The minimum absolute atomic E-state index is 0.0902. The molecule has 116 valence electrons. The van der Waals surface area contributed by atoms with Crippen LogP contribution < -0.4 is 10.5 Å². The van der Waals surface area contributed by atoms with Crippen LogP contribution in [0.1, 0.15) is 34.0 Å². The molecule has 0 radical (unpaired) electrons. The zero-order valence-corrected chi connectivity index (χ0v) is 13.5. The van der Waals surface area contributed by atoms with E-state index in [0.717, 1.165) is 33.6 Å². The summed E-state index contributed by atoms with van der Waals surface area (Å²) in [5, 5.41) is 1.96. The Kier molecular flexibility index (Phi) is 3.31. The zero-order chi connectivity index (χ0) is 16.0. The number of nitrogen functional groups attached to an aromatic ring is 1. The number of methoxy groups -OCH3 is 1. The normalized spacial score (nSPS) is 17.3. The molecule has 1 atom stereocenters. The van der Waals surface area contributed by atoms with E-state index in [9.17, 15) is 4.79 Å². The summed E-state index contributed by atoms with van der Waals surface area (Å²) < 4.78 is 6.11. The van der Waals surface area contributed by atoms with Gasteiger partial charge in [0.2, 0.25) is 0 Å². The lowest BCUT2D eigenvalue weighted by Gasteiger charge is -2.24. The van der Waals surface area contributed by atoms with E-state index in [1.807, 2.05) is 35.7 Å². The SMILES string of the molecule is COc1ccc(C2CC(=O)c3c(nc4ccsc4c3N)C2)cc1. The molecule has 23 heavy (non-hydrogen) atoms. The molecule has 2 heterocycles. The molecule has 0 aliphatic heterocycles. The zero-order valence-electron chi connectivity index (χ0n) is 12.7. The number of nitrogens with zero attached hydrogens (tertiary/aromatic N) is 1. The maximum atomic E-state index is 12.6. The molecule has 1 aromatic carbocycles. The molecule has 0 bridgehead atoms. The predicted octanol–water partition coefficient (Wildman–Crippen LogP) is 3.80. The number of carbonyl (C=O) groups excluding carboxylic acids is 1. The van der Waals surface area contributed by atoms with Gasteiger partial charge >= 0.3 is 0 Å². The van der Waals surface area contributed by atoms with Crippen molar-refractivity contribution in [3.8, 4) is 5.75 Å². The lowest BCUT2D eigenvalue weighted by molar-refractivity contribution is 0.0964. The van der Waals surface area contributed by atoms with Crippen LogP contribution in [0.25, 0.3) is 10.2 Å². The van der Waals surface area contributed by atoms with Gasteiger partial charge in [-0.25, -0.2) is 0 Å². The average Bonchev–Trinajstić information content (AvgIpc) is 3.03. The fraction of sp³-hybridized carbons (Fsp3) is 0.222.